The number of hydrazine groups is 1. The van der Waals surface area contributed by atoms with Crippen molar-refractivity contribution < 1.29 is 0 Å². The van der Waals surface area contributed by atoms with Crippen molar-refractivity contribution in [2.24, 2.45) is 5.84 Å². The van der Waals surface area contributed by atoms with Crippen LogP contribution in [0.25, 0.3) is 0 Å². The molecule has 1 aromatic carbocycles. The number of aromatic nitrogens is 3. The monoisotopic (exact) mass is 281 g/mol. The number of hydrogen-bond donors (Lipinski definition) is 3. The van der Waals surface area contributed by atoms with E-state index in [0.29, 0.717) is 0 Å². The highest BCUT2D eigenvalue weighted by atomic mass is 79.9. The second-order valence-corrected chi connectivity index (χ2v) is 4.26. The zero-order valence-electron chi connectivity index (χ0n) is 8.52. The van der Waals surface area contributed by atoms with Crippen LogP contribution in [-0.2, 0) is 6.42 Å². The van der Waals surface area contributed by atoms with E-state index in [9.17, 15) is 0 Å². The molecule has 0 aliphatic heterocycles. The summed E-state index contributed by atoms with van der Waals surface area (Å²) in [6.45, 7) is 0. The number of hydrogen-bond acceptors (Lipinski definition) is 4. The summed E-state index contributed by atoms with van der Waals surface area (Å²) in [4.78, 5) is 0. The van der Waals surface area contributed by atoms with Gasteiger partial charge in [-0.3, -0.25) is 11.3 Å². The number of rotatable bonds is 4. The van der Waals surface area contributed by atoms with Crippen LogP contribution in [0.1, 0.15) is 17.3 Å². The minimum atomic E-state index is -0.0440. The molecular formula is C10H12BrN5. The van der Waals surface area contributed by atoms with Crippen LogP contribution in [0.2, 0.25) is 0 Å². The van der Waals surface area contributed by atoms with E-state index >= 15 is 0 Å². The summed E-state index contributed by atoms with van der Waals surface area (Å²) in [5.74, 6) is 5.51. The van der Waals surface area contributed by atoms with Crippen molar-refractivity contribution in [2.45, 2.75) is 12.5 Å². The molecule has 0 amide bonds. The van der Waals surface area contributed by atoms with Gasteiger partial charge in [0.2, 0.25) is 0 Å². The summed E-state index contributed by atoms with van der Waals surface area (Å²) in [5, 5.41) is 10.4. The summed E-state index contributed by atoms with van der Waals surface area (Å²) < 4.78 is 1.07. The molecule has 16 heavy (non-hydrogen) atoms. The van der Waals surface area contributed by atoms with E-state index in [0.717, 1.165) is 16.6 Å². The Hall–Kier alpha value is -1.24. The minimum absolute atomic E-state index is 0.0440. The largest absolute Gasteiger partial charge is 0.271 e. The third kappa shape index (κ3) is 2.46. The van der Waals surface area contributed by atoms with Gasteiger partial charge in [0.15, 0.2) is 0 Å². The van der Waals surface area contributed by atoms with Gasteiger partial charge in [0, 0.05) is 4.47 Å². The summed E-state index contributed by atoms with van der Waals surface area (Å²) in [5.41, 5.74) is 4.72. The van der Waals surface area contributed by atoms with Crippen molar-refractivity contribution >= 4 is 15.9 Å². The van der Waals surface area contributed by atoms with E-state index in [1.807, 2.05) is 18.2 Å². The Kier molecular flexibility index (Phi) is 3.66. The number of halogens is 1. The predicted molar refractivity (Wildman–Crippen MR) is 64.3 cm³/mol. The summed E-state index contributed by atoms with van der Waals surface area (Å²) in [6, 6.07) is 7.99. The molecule has 0 aliphatic rings. The Balaban J connectivity index is 2.17. The smallest absolute Gasteiger partial charge is 0.101 e. The first-order valence-electron chi connectivity index (χ1n) is 4.86. The highest BCUT2D eigenvalue weighted by molar-refractivity contribution is 9.10. The Bertz CT molecular complexity index is 442. The van der Waals surface area contributed by atoms with Crippen molar-refractivity contribution in [1.29, 1.82) is 0 Å². The number of nitrogens with zero attached hydrogens (tertiary/aromatic N) is 2. The molecule has 0 spiro atoms. The molecule has 0 radical (unpaired) electrons. The normalized spacial score (nSPS) is 12.6. The van der Waals surface area contributed by atoms with Crippen LogP contribution in [0, 0.1) is 0 Å². The SMILES string of the molecule is NNC(Cc1ccccc1Br)c1cn[nH]n1. The lowest BCUT2D eigenvalue weighted by atomic mass is 10.0. The first kappa shape index (κ1) is 11.3. The molecule has 6 heteroatoms. The second kappa shape index (κ2) is 5.20. The van der Waals surface area contributed by atoms with E-state index in [-0.39, 0.29) is 6.04 Å². The number of nitrogens with one attached hydrogen (secondary N) is 2. The maximum Gasteiger partial charge on any atom is 0.101 e. The Morgan fingerprint density at radius 3 is 2.88 bits per heavy atom. The summed E-state index contributed by atoms with van der Waals surface area (Å²) >= 11 is 3.50. The third-order valence-corrected chi connectivity index (χ3v) is 3.15. The van der Waals surface area contributed by atoms with E-state index < -0.39 is 0 Å². The predicted octanol–water partition coefficient (Wildman–Crippen LogP) is 1.31. The Morgan fingerprint density at radius 1 is 1.44 bits per heavy atom. The van der Waals surface area contributed by atoms with Crippen molar-refractivity contribution in [2.75, 3.05) is 0 Å². The van der Waals surface area contributed by atoms with Crippen LogP contribution >= 0.6 is 15.9 Å². The van der Waals surface area contributed by atoms with Crippen LogP contribution in [-0.4, -0.2) is 15.4 Å². The average Bonchev–Trinajstić information content (AvgIpc) is 2.81. The van der Waals surface area contributed by atoms with E-state index in [1.165, 1.54) is 5.56 Å². The van der Waals surface area contributed by atoms with Gasteiger partial charge < -0.3 is 0 Å². The molecule has 4 N–H and O–H groups in total. The maximum absolute atomic E-state index is 5.51. The fraction of sp³-hybridized carbons (Fsp3) is 0.200. The first-order valence-corrected chi connectivity index (χ1v) is 5.65. The fourth-order valence-corrected chi connectivity index (χ4v) is 1.96. The van der Waals surface area contributed by atoms with Gasteiger partial charge in [0.1, 0.15) is 5.69 Å². The standard InChI is InChI=1S/C10H12BrN5/c11-8-4-2-1-3-7(8)5-9(14-12)10-6-13-16-15-10/h1-4,6,9,14H,5,12H2,(H,13,15,16). The molecule has 0 saturated heterocycles. The summed E-state index contributed by atoms with van der Waals surface area (Å²) in [6.07, 6.45) is 2.42. The van der Waals surface area contributed by atoms with E-state index in [1.54, 1.807) is 6.20 Å². The topological polar surface area (TPSA) is 79.6 Å². The van der Waals surface area contributed by atoms with Crippen molar-refractivity contribution in [3.63, 3.8) is 0 Å². The number of benzene rings is 1. The molecule has 2 aromatic rings. The Labute approximate surface area is 102 Å². The van der Waals surface area contributed by atoms with Crippen molar-refractivity contribution in [1.82, 2.24) is 20.8 Å². The van der Waals surface area contributed by atoms with Crippen LogP contribution in [0.3, 0.4) is 0 Å². The zero-order chi connectivity index (χ0) is 11.4. The zero-order valence-corrected chi connectivity index (χ0v) is 10.1. The van der Waals surface area contributed by atoms with Gasteiger partial charge in [-0.15, -0.1) is 0 Å². The highest BCUT2D eigenvalue weighted by Crippen LogP contribution is 2.21. The Morgan fingerprint density at radius 2 is 2.25 bits per heavy atom. The molecule has 1 atom stereocenters. The molecule has 0 saturated carbocycles. The molecule has 0 bridgehead atoms. The lowest BCUT2D eigenvalue weighted by Gasteiger charge is -2.13. The average molecular weight is 282 g/mol. The quantitative estimate of drug-likeness (QED) is 0.583. The number of nitrogens with two attached hydrogens (primary N) is 1. The molecule has 1 aromatic heterocycles. The first-order chi connectivity index (χ1) is 7.81. The van der Waals surface area contributed by atoms with Crippen molar-refractivity contribution in [3.8, 4) is 0 Å². The summed E-state index contributed by atoms with van der Waals surface area (Å²) in [7, 11) is 0. The van der Waals surface area contributed by atoms with Crippen LogP contribution in [0.4, 0.5) is 0 Å². The van der Waals surface area contributed by atoms with Gasteiger partial charge in [-0.05, 0) is 18.1 Å². The second-order valence-electron chi connectivity index (χ2n) is 3.41. The molecule has 0 fully saturated rings. The van der Waals surface area contributed by atoms with Gasteiger partial charge in [-0.2, -0.15) is 15.4 Å². The van der Waals surface area contributed by atoms with Gasteiger partial charge in [0.05, 0.1) is 12.2 Å². The number of H-pyrrole nitrogens is 1. The minimum Gasteiger partial charge on any atom is -0.271 e. The molecule has 0 aliphatic carbocycles. The molecular weight excluding hydrogens is 270 g/mol. The molecule has 1 heterocycles. The fourth-order valence-electron chi connectivity index (χ4n) is 1.51. The van der Waals surface area contributed by atoms with Crippen molar-refractivity contribution in [3.05, 3.63) is 46.2 Å². The van der Waals surface area contributed by atoms with E-state index in [4.69, 9.17) is 5.84 Å². The maximum atomic E-state index is 5.51. The van der Waals surface area contributed by atoms with Crippen LogP contribution in [0.15, 0.2) is 34.9 Å². The number of aromatic amines is 1. The molecule has 1 unspecified atom stereocenters. The van der Waals surface area contributed by atoms with Gasteiger partial charge in [-0.1, -0.05) is 34.1 Å². The molecule has 2 rings (SSSR count). The lowest BCUT2D eigenvalue weighted by Crippen LogP contribution is -2.30. The molecule has 5 nitrogen and oxygen atoms in total. The van der Waals surface area contributed by atoms with Crippen LogP contribution in [0.5, 0.6) is 0 Å². The highest BCUT2D eigenvalue weighted by Gasteiger charge is 2.14. The third-order valence-electron chi connectivity index (χ3n) is 2.37. The van der Waals surface area contributed by atoms with E-state index in [2.05, 4.69) is 42.8 Å². The van der Waals surface area contributed by atoms with Gasteiger partial charge >= 0.3 is 0 Å². The van der Waals surface area contributed by atoms with Gasteiger partial charge in [-0.25, -0.2) is 0 Å². The lowest BCUT2D eigenvalue weighted by molar-refractivity contribution is 0.536. The van der Waals surface area contributed by atoms with Crippen LogP contribution < -0.4 is 11.3 Å². The molecule has 84 valence electrons. The van der Waals surface area contributed by atoms with Gasteiger partial charge in [0.25, 0.3) is 0 Å².